The van der Waals surface area contributed by atoms with E-state index in [-0.39, 0.29) is 0 Å². The second kappa shape index (κ2) is 6.40. The van der Waals surface area contributed by atoms with Gasteiger partial charge in [0.05, 0.1) is 0 Å². The highest BCUT2D eigenvalue weighted by Gasteiger charge is 2.13. The first kappa shape index (κ1) is 14.5. The summed E-state index contributed by atoms with van der Waals surface area (Å²) in [6.45, 7) is 5.33. The molecule has 0 aliphatic carbocycles. The molecule has 4 nitrogen and oxygen atoms in total. The monoisotopic (exact) mass is 250 g/mol. The van der Waals surface area contributed by atoms with Crippen LogP contribution in [-0.2, 0) is 6.42 Å². The average Bonchev–Trinajstić information content (AvgIpc) is 2.29. The fourth-order valence-corrected chi connectivity index (χ4v) is 1.87. The highest BCUT2D eigenvalue weighted by atomic mass is 16.4. The molecule has 0 aliphatic rings. The SMILES string of the molecule is CCN(C(=O)O)c1ccc(C)c(CCN(C)C)c1. The number of hydrogen-bond donors (Lipinski definition) is 1. The molecule has 4 heteroatoms. The number of aryl methyl sites for hydroxylation is 1. The summed E-state index contributed by atoms with van der Waals surface area (Å²) in [6, 6.07) is 5.84. The molecule has 0 saturated heterocycles. The third-order valence-electron chi connectivity index (χ3n) is 3.02. The van der Waals surface area contributed by atoms with Gasteiger partial charge in [-0.15, -0.1) is 0 Å². The fraction of sp³-hybridized carbons (Fsp3) is 0.500. The molecule has 0 radical (unpaired) electrons. The van der Waals surface area contributed by atoms with Gasteiger partial charge in [-0.05, 0) is 57.6 Å². The van der Waals surface area contributed by atoms with Crippen molar-refractivity contribution in [2.75, 3.05) is 32.1 Å². The molecule has 0 saturated carbocycles. The predicted molar refractivity (Wildman–Crippen MR) is 74.5 cm³/mol. The van der Waals surface area contributed by atoms with Crippen LogP contribution in [0.15, 0.2) is 18.2 Å². The zero-order chi connectivity index (χ0) is 13.7. The summed E-state index contributed by atoms with van der Waals surface area (Å²) in [5, 5.41) is 9.12. The number of benzene rings is 1. The van der Waals surface area contributed by atoms with E-state index in [1.807, 2.05) is 39.2 Å². The van der Waals surface area contributed by atoms with E-state index >= 15 is 0 Å². The van der Waals surface area contributed by atoms with Gasteiger partial charge in [0.25, 0.3) is 0 Å². The maximum atomic E-state index is 11.1. The number of likely N-dealkylation sites (N-methyl/N-ethyl adjacent to an activating group) is 1. The molecule has 1 N–H and O–H groups in total. The van der Waals surface area contributed by atoms with Gasteiger partial charge in [-0.1, -0.05) is 6.07 Å². The van der Waals surface area contributed by atoms with Crippen molar-refractivity contribution < 1.29 is 9.90 Å². The van der Waals surface area contributed by atoms with E-state index in [1.165, 1.54) is 16.0 Å². The molecule has 1 aromatic rings. The number of rotatable bonds is 5. The molecular weight excluding hydrogens is 228 g/mol. The van der Waals surface area contributed by atoms with Crippen LogP contribution >= 0.6 is 0 Å². The molecule has 0 bridgehead atoms. The number of anilines is 1. The van der Waals surface area contributed by atoms with E-state index in [1.54, 1.807) is 0 Å². The Morgan fingerprint density at radius 3 is 2.50 bits per heavy atom. The first-order valence-corrected chi connectivity index (χ1v) is 6.20. The van der Waals surface area contributed by atoms with Crippen LogP contribution in [0.3, 0.4) is 0 Å². The van der Waals surface area contributed by atoms with Gasteiger partial charge in [0.1, 0.15) is 0 Å². The lowest BCUT2D eigenvalue weighted by Crippen LogP contribution is -2.28. The summed E-state index contributed by atoms with van der Waals surface area (Å²) in [6.07, 6.45) is 0.0315. The van der Waals surface area contributed by atoms with Gasteiger partial charge in [-0.3, -0.25) is 4.90 Å². The highest BCUT2D eigenvalue weighted by molar-refractivity contribution is 5.86. The second-order valence-corrected chi connectivity index (χ2v) is 4.69. The zero-order valence-corrected chi connectivity index (χ0v) is 11.6. The maximum Gasteiger partial charge on any atom is 0.411 e. The van der Waals surface area contributed by atoms with Crippen molar-refractivity contribution in [3.63, 3.8) is 0 Å². The van der Waals surface area contributed by atoms with E-state index in [9.17, 15) is 4.79 Å². The molecule has 0 aromatic heterocycles. The topological polar surface area (TPSA) is 43.8 Å². The van der Waals surface area contributed by atoms with Crippen LogP contribution in [0.25, 0.3) is 0 Å². The zero-order valence-electron chi connectivity index (χ0n) is 11.6. The van der Waals surface area contributed by atoms with Crippen molar-refractivity contribution in [3.05, 3.63) is 29.3 Å². The second-order valence-electron chi connectivity index (χ2n) is 4.69. The van der Waals surface area contributed by atoms with Crippen LogP contribution in [0.5, 0.6) is 0 Å². The molecule has 1 rings (SSSR count). The van der Waals surface area contributed by atoms with E-state index < -0.39 is 6.09 Å². The van der Waals surface area contributed by atoms with Crippen molar-refractivity contribution >= 4 is 11.8 Å². The molecule has 0 fully saturated rings. The van der Waals surface area contributed by atoms with Crippen molar-refractivity contribution in [2.45, 2.75) is 20.3 Å². The largest absolute Gasteiger partial charge is 0.465 e. The Morgan fingerprint density at radius 2 is 2.00 bits per heavy atom. The Bertz CT molecular complexity index is 416. The summed E-state index contributed by atoms with van der Waals surface area (Å²) >= 11 is 0. The number of amides is 1. The summed E-state index contributed by atoms with van der Waals surface area (Å²) in [7, 11) is 4.07. The van der Waals surface area contributed by atoms with Crippen LogP contribution in [0.4, 0.5) is 10.5 Å². The molecule has 18 heavy (non-hydrogen) atoms. The summed E-state index contributed by atoms with van der Waals surface area (Å²) in [5.74, 6) is 0. The Kier molecular flexibility index (Phi) is 5.16. The minimum Gasteiger partial charge on any atom is -0.465 e. The first-order chi connectivity index (χ1) is 8.45. The van der Waals surface area contributed by atoms with Crippen LogP contribution < -0.4 is 4.90 Å². The van der Waals surface area contributed by atoms with E-state index in [2.05, 4.69) is 11.8 Å². The standard InChI is InChI=1S/C14H22N2O2/c1-5-16(14(17)18)13-7-6-11(2)12(10-13)8-9-15(3)4/h6-7,10H,5,8-9H2,1-4H3,(H,17,18). The molecule has 0 aliphatic heterocycles. The molecule has 0 unspecified atom stereocenters. The number of carbonyl (C=O) groups is 1. The predicted octanol–water partition coefficient (Wildman–Crippen LogP) is 2.60. The number of hydrogen-bond acceptors (Lipinski definition) is 2. The smallest absolute Gasteiger partial charge is 0.411 e. The van der Waals surface area contributed by atoms with Crippen molar-refractivity contribution in [1.82, 2.24) is 4.90 Å². The molecule has 0 heterocycles. The molecule has 1 aromatic carbocycles. The summed E-state index contributed by atoms with van der Waals surface area (Å²) in [4.78, 5) is 14.6. The minimum absolute atomic E-state index is 0.464. The molecule has 0 atom stereocenters. The fourth-order valence-electron chi connectivity index (χ4n) is 1.87. The van der Waals surface area contributed by atoms with Gasteiger partial charge in [0.2, 0.25) is 0 Å². The van der Waals surface area contributed by atoms with Gasteiger partial charge in [-0.25, -0.2) is 4.79 Å². The maximum absolute atomic E-state index is 11.1. The minimum atomic E-state index is -0.903. The van der Waals surface area contributed by atoms with Crippen LogP contribution in [0.1, 0.15) is 18.1 Å². The van der Waals surface area contributed by atoms with E-state index in [0.717, 1.165) is 18.7 Å². The Hall–Kier alpha value is -1.55. The van der Waals surface area contributed by atoms with Gasteiger partial charge in [0.15, 0.2) is 0 Å². The third kappa shape index (κ3) is 3.74. The summed E-state index contributed by atoms with van der Waals surface area (Å²) in [5.41, 5.74) is 3.17. The lowest BCUT2D eigenvalue weighted by molar-refractivity contribution is 0.202. The van der Waals surface area contributed by atoms with Crippen LogP contribution in [0.2, 0.25) is 0 Å². The normalized spacial score (nSPS) is 10.7. The average molecular weight is 250 g/mol. The lowest BCUT2D eigenvalue weighted by Gasteiger charge is -2.19. The number of nitrogens with zero attached hydrogens (tertiary/aromatic N) is 2. The van der Waals surface area contributed by atoms with Crippen LogP contribution in [-0.4, -0.2) is 43.3 Å². The first-order valence-electron chi connectivity index (χ1n) is 6.20. The molecule has 100 valence electrons. The van der Waals surface area contributed by atoms with Crippen molar-refractivity contribution in [1.29, 1.82) is 0 Å². The van der Waals surface area contributed by atoms with Gasteiger partial charge < -0.3 is 10.0 Å². The highest BCUT2D eigenvalue weighted by Crippen LogP contribution is 2.20. The van der Waals surface area contributed by atoms with Crippen LogP contribution in [0, 0.1) is 6.92 Å². The Morgan fingerprint density at radius 1 is 1.33 bits per heavy atom. The van der Waals surface area contributed by atoms with Gasteiger partial charge in [0, 0.05) is 18.8 Å². The van der Waals surface area contributed by atoms with Crippen molar-refractivity contribution in [2.24, 2.45) is 0 Å². The van der Waals surface area contributed by atoms with Gasteiger partial charge in [-0.2, -0.15) is 0 Å². The number of carboxylic acid groups (broad SMARTS) is 1. The third-order valence-corrected chi connectivity index (χ3v) is 3.02. The van der Waals surface area contributed by atoms with Gasteiger partial charge >= 0.3 is 6.09 Å². The molecule has 1 amide bonds. The Labute approximate surface area is 109 Å². The van der Waals surface area contributed by atoms with E-state index in [4.69, 9.17) is 5.11 Å². The molecular formula is C14H22N2O2. The Balaban J connectivity index is 2.95. The summed E-state index contributed by atoms with van der Waals surface area (Å²) < 4.78 is 0. The molecule has 0 spiro atoms. The lowest BCUT2D eigenvalue weighted by atomic mass is 10.0. The van der Waals surface area contributed by atoms with E-state index in [0.29, 0.717) is 6.54 Å². The van der Waals surface area contributed by atoms with Crippen molar-refractivity contribution in [3.8, 4) is 0 Å². The quantitative estimate of drug-likeness (QED) is 0.873.